The maximum Gasteiger partial charge on any atom is 0.435 e. The van der Waals surface area contributed by atoms with Crippen LogP contribution in [0.3, 0.4) is 0 Å². The van der Waals surface area contributed by atoms with Crippen LogP contribution in [-0.2, 0) is 6.18 Å². The number of halogens is 4. The van der Waals surface area contributed by atoms with Crippen molar-refractivity contribution in [2.75, 3.05) is 18.0 Å². The lowest BCUT2D eigenvalue weighted by molar-refractivity contribution is -0.141. The van der Waals surface area contributed by atoms with Gasteiger partial charge in [0.15, 0.2) is 11.5 Å². The number of furan rings is 1. The number of aromatic nitrogens is 2. The van der Waals surface area contributed by atoms with Gasteiger partial charge in [-0.05, 0) is 24.6 Å². The summed E-state index contributed by atoms with van der Waals surface area (Å²) in [6.45, 7) is 0.921. The van der Waals surface area contributed by atoms with Crippen LogP contribution in [-0.4, -0.2) is 34.9 Å². The summed E-state index contributed by atoms with van der Waals surface area (Å²) in [4.78, 5) is 21.5. The van der Waals surface area contributed by atoms with E-state index in [1.54, 1.807) is 4.90 Å². The fourth-order valence-electron chi connectivity index (χ4n) is 3.20. The number of benzene rings is 1. The number of nitrogens with zero attached hydrogens (tertiary/aromatic N) is 3. The molecule has 0 amide bonds. The Morgan fingerprint density at radius 1 is 1.25 bits per heavy atom. The number of anilines is 1. The van der Waals surface area contributed by atoms with Crippen LogP contribution in [0.4, 0.5) is 23.2 Å². The Balaban J connectivity index is 1.89. The van der Waals surface area contributed by atoms with Crippen molar-refractivity contribution in [3.63, 3.8) is 0 Å². The van der Waals surface area contributed by atoms with Crippen molar-refractivity contribution in [3.8, 4) is 0 Å². The minimum atomic E-state index is -4.95. The molecule has 0 saturated carbocycles. The summed E-state index contributed by atoms with van der Waals surface area (Å²) in [5, 5.41) is 0. The second-order valence-corrected chi connectivity index (χ2v) is 6.51. The average molecular weight is 394 g/mol. The molecule has 1 atom stereocenters. The number of hydrogen-bond acceptors (Lipinski definition) is 6. The fraction of sp³-hybridized carbons (Fsp3) is 0.278. The monoisotopic (exact) mass is 394 g/mol. The lowest BCUT2D eigenvalue weighted by atomic mass is 10.1. The molecular weight excluding hydrogens is 380 g/mol. The number of fused-ring (bicyclic) bond motifs is 1. The molecule has 3 heterocycles. The second kappa shape index (κ2) is 6.55. The highest BCUT2D eigenvalue weighted by Gasteiger charge is 2.39. The van der Waals surface area contributed by atoms with E-state index in [-0.39, 0.29) is 28.5 Å². The largest absolute Gasteiger partial charge is 0.461 e. The van der Waals surface area contributed by atoms with E-state index in [0.717, 1.165) is 6.07 Å². The maximum absolute atomic E-state index is 14.5. The van der Waals surface area contributed by atoms with Crippen molar-refractivity contribution >= 4 is 22.5 Å². The van der Waals surface area contributed by atoms with Crippen molar-refractivity contribution in [3.05, 3.63) is 53.5 Å². The van der Waals surface area contributed by atoms with E-state index < -0.39 is 29.2 Å². The number of carbonyl (C=O) groups is 1. The predicted molar refractivity (Wildman–Crippen MR) is 91.4 cm³/mol. The Labute approximate surface area is 156 Å². The first-order chi connectivity index (χ1) is 13.2. The van der Waals surface area contributed by atoms with Gasteiger partial charge in [0, 0.05) is 25.2 Å². The highest BCUT2D eigenvalue weighted by atomic mass is 19.4. The molecule has 0 aliphatic carbocycles. The first kappa shape index (κ1) is 18.4. The van der Waals surface area contributed by atoms with Crippen LogP contribution in [0.25, 0.3) is 11.0 Å². The Morgan fingerprint density at radius 3 is 2.61 bits per heavy atom. The lowest BCUT2D eigenvalue weighted by Gasteiger charge is -2.19. The molecule has 3 aromatic rings. The Kier molecular flexibility index (Phi) is 4.30. The third-order valence-electron chi connectivity index (χ3n) is 4.53. The molecule has 0 spiro atoms. The van der Waals surface area contributed by atoms with Crippen LogP contribution >= 0.6 is 0 Å². The summed E-state index contributed by atoms with van der Waals surface area (Å²) in [7, 11) is 0. The van der Waals surface area contributed by atoms with Crippen molar-refractivity contribution in [2.45, 2.75) is 18.6 Å². The van der Waals surface area contributed by atoms with Crippen molar-refractivity contribution < 1.29 is 26.8 Å². The van der Waals surface area contributed by atoms with E-state index in [9.17, 15) is 22.4 Å². The van der Waals surface area contributed by atoms with Gasteiger partial charge in [0.1, 0.15) is 11.5 Å². The summed E-state index contributed by atoms with van der Waals surface area (Å²) in [6, 6.07) is 4.66. The fourth-order valence-corrected chi connectivity index (χ4v) is 3.20. The first-order valence-corrected chi connectivity index (χ1v) is 8.41. The van der Waals surface area contributed by atoms with Crippen LogP contribution < -0.4 is 10.6 Å². The number of alkyl halides is 3. The molecule has 0 radical (unpaired) electrons. The number of rotatable bonds is 3. The molecule has 146 valence electrons. The van der Waals surface area contributed by atoms with Crippen LogP contribution in [0.2, 0.25) is 0 Å². The molecule has 1 aliphatic rings. The predicted octanol–water partition coefficient (Wildman–Crippen LogP) is 3.15. The second-order valence-electron chi connectivity index (χ2n) is 6.51. The van der Waals surface area contributed by atoms with E-state index in [0.29, 0.717) is 19.5 Å². The molecule has 1 saturated heterocycles. The quantitative estimate of drug-likeness (QED) is 0.543. The summed E-state index contributed by atoms with van der Waals surface area (Å²) < 4.78 is 59.7. The summed E-state index contributed by atoms with van der Waals surface area (Å²) in [5.74, 6) is -2.08. The number of hydrogen-bond donors (Lipinski definition) is 1. The molecule has 0 bridgehead atoms. The number of nitrogens with two attached hydrogens (primary N) is 1. The zero-order valence-corrected chi connectivity index (χ0v) is 14.3. The molecule has 1 aromatic carbocycles. The van der Waals surface area contributed by atoms with Gasteiger partial charge in [0.05, 0.1) is 23.0 Å². The molecule has 10 heteroatoms. The van der Waals surface area contributed by atoms with Gasteiger partial charge in [-0.15, -0.1) is 0 Å². The third-order valence-corrected chi connectivity index (χ3v) is 4.53. The van der Waals surface area contributed by atoms with Crippen LogP contribution in [0.5, 0.6) is 0 Å². The topological polar surface area (TPSA) is 85.2 Å². The molecule has 0 unspecified atom stereocenters. The molecule has 6 nitrogen and oxygen atoms in total. The van der Waals surface area contributed by atoms with Gasteiger partial charge >= 0.3 is 6.18 Å². The smallest absolute Gasteiger partial charge is 0.435 e. The molecule has 4 rings (SSSR count). The maximum atomic E-state index is 14.5. The van der Waals surface area contributed by atoms with E-state index in [1.165, 1.54) is 24.5 Å². The van der Waals surface area contributed by atoms with E-state index in [1.807, 2.05) is 0 Å². The number of carbonyl (C=O) groups excluding carboxylic acids is 1. The van der Waals surface area contributed by atoms with Crippen molar-refractivity contribution in [1.82, 2.24) is 9.97 Å². The SMILES string of the molecule is N[C@@H]1CCN(c2cc3nc(C(=O)c4ccco4)c(C(F)(F)F)nc3cc2F)C1. The van der Waals surface area contributed by atoms with Gasteiger partial charge in [-0.25, -0.2) is 14.4 Å². The minimum Gasteiger partial charge on any atom is -0.461 e. The Morgan fingerprint density at radius 2 is 2.00 bits per heavy atom. The van der Waals surface area contributed by atoms with E-state index in [2.05, 4.69) is 9.97 Å². The molecular formula is C18H14F4N4O2. The molecule has 2 N–H and O–H groups in total. The van der Waals surface area contributed by atoms with Gasteiger partial charge in [-0.1, -0.05) is 0 Å². The first-order valence-electron chi connectivity index (χ1n) is 8.41. The highest BCUT2D eigenvalue weighted by Crippen LogP contribution is 2.34. The normalized spacial score (nSPS) is 17.5. The molecule has 2 aromatic heterocycles. The molecule has 28 heavy (non-hydrogen) atoms. The Bertz CT molecular complexity index is 1050. The van der Waals surface area contributed by atoms with Gasteiger partial charge in [0.25, 0.3) is 0 Å². The van der Waals surface area contributed by atoms with Gasteiger partial charge in [0.2, 0.25) is 5.78 Å². The van der Waals surface area contributed by atoms with Gasteiger partial charge in [-0.2, -0.15) is 13.2 Å². The zero-order chi connectivity index (χ0) is 20.1. The number of ketones is 1. The van der Waals surface area contributed by atoms with E-state index in [4.69, 9.17) is 10.2 Å². The Hall–Kier alpha value is -3.01. The van der Waals surface area contributed by atoms with Gasteiger partial charge in [-0.3, -0.25) is 4.79 Å². The van der Waals surface area contributed by atoms with Crippen LogP contribution in [0, 0.1) is 5.82 Å². The van der Waals surface area contributed by atoms with Crippen LogP contribution in [0.15, 0.2) is 34.9 Å². The lowest BCUT2D eigenvalue weighted by Crippen LogP contribution is -2.27. The molecule has 1 fully saturated rings. The summed E-state index contributed by atoms with van der Waals surface area (Å²) >= 11 is 0. The average Bonchev–Trinajstić information content (AvgIpc) is 3.30. The summed E-state index contributed by atoms with van der Waals surface area (Å²) in [6.07, 6.45) is -3.12. The van der Waals surface area contributed by atoms with Crippen molar-refractivity contribution in [1.29, 1.82) is 0 Å². The third kappa shape index (κ3) is 3.19. The van der Waals surface area contributed by atoms with Crippen LogP contribution in [0.1, 0.15) is 28.4 Å². The highest BCUT2D eigenvalue weighted by molar-refractivity contribution is 6.07. The van der Waals surface area contributed by atoms with Crippen molar-refractivity contribution in [2.24, 2.45) is 5.73 Å². The molecule has 1 aliphatic heterocycles. The standard InChI is InChI=1S/C18H14F4N4O2/c19-10-6-11-12(7-13(10)26-4-3-9(23)8-26)24-15(17(25-11)18(20,21)22)16(27)14-2-1-5-28-14/h1-2,5-7,9H,3-4,8,23H2/t9-/m1/s1. The van der Waals surface area contributed by atoms with E-state index >= 15 is 0 Å². The van der Waals surface area contributed by atoms with Gasteiger partial charge < -0.3 is 15.1 Å². The minimum absolute atomic E-state index is 0.0280. The zero-order valence-electron chi connectivity index (χ0n) is 14.3. The summed E-state index contributed by atoms with van der Waals surface area (Å²) in [5.41, 5.74) is 3.28.